The summed E-state index contributed by atoms with van der Waals surface area (Å²) in [5, 5.41) is 4.32. The van der Waals surface area contributed by atoms with Crippen molar-refractivity contribution in [2.45, 2.75) is 32.2 Å². The first-order valence-corrected chi connectivity index (χ1v) is 5.55. The summed E-state index contributed by atoms with van der Waals surface area (Å²) in [6.07, 6.45) is 6.00. The lowest BCUT2D eigenvalue weighted by Gasteiger charge is -2.13. The van der Waals surface area contributed by atoms with Crippen molar-refractivity contribution in [3.8, 4) is 0 Å². The summed E-state index contributed by atoms with van der Waals surface area (Å²) < 4.78 is 6.62. The molecule has 0 atom stereocenters. The molecule has 0 saturated carbocycles. The summed E-state index contributed by atoms with van der Waals surface area (Å²) in [6.45, 7) is 4.35. The van der Waals surface area contributed by atoms with E-state index in [0.717, 1.165) is 31.2 Å². The second-order valence-electron chi connectivity index (χ2n) is 3.94. The largest absolute Gasteiger partial charge is 0.464 e. The number of esters is 1. The molecule has 0 aliphatic heterocycles. The van der Waals surface area contributed by atoms with Crippen molar-refractivity contribution in [3.63, 3.8) is 0 Å². The first-order valence-electron chi connectivity index (χ1n) is 5.55. The predicted molar refractivity (Wildman–Crippen MR) is 60.4 cm³/mol. The summed E-state index contributed by atoms with van der Waals surface area (Å²) in [5.74, 6) is -0.332. The molecule has 0 N–H and O–H groups in total. The maximum absolute atomic E-state index is 11.6. The third-order valence-corrected chi connectivity index (χ3v) is 2.94. The lowest BCUT2D eigenvalue weighted by Crippen LogP contribution is -2.09. The number of hydrogen-bond acceptors (Lipinski definition) is 3. The molecule has 86 valence electrons. The fraction of sp³-hybridized carbons (Fsp3) is 0.500. The van der Waals surface area contributed by atoms with Gasteiger partial charge in [-0.3, -0.25) is 4.68 Å². The van der Waals surface area contributed by atoms with Crippen molar-refractivity contribution in [1.82, 2.24) is 9.78 Å². The maximum atomic E-state index is 11.6. The fourth-order valence-corrected chi connectivity index (χ4v) is 2.20. The monoisotopic (exact) mass is 220 g/mol. The summed E-state index contributed by atoms with van der Waals surface area (Å²) in [5.41, 5.74) is 2.73. The van der Waals surface area contributed by atoms with E-state index in [0.29, 0.717) is 12.2 Å². The standard InChI is InChI=1S/C12H16N2O2/c1-3-8-14-10-7-5-4-6-9(10)11(13-14)12(15)16-2/h3H,1,4-8H2,2H3. The molecule has 0 spiro atoms. The zero-order valence-electron chi connectivity index (χ0n) is 9.53. The van der Waals surface area contributed by atoms with E-state index in [1.165, 1.54) is 12.8 Å². The summed E-state index contributed by atoms with van der Waals surface area (Å²) in [4.78, 5) is 11.6. The van der Waals surface area contributed by atoms with Crippen LogP contribution in [0.15, 0.2) is 12.7 Å². The molecule has 1 aliphatic rings. The van der Waals surface area contributed by atoms with Crippen LogP contribution >= 0.6 is 0 Å². The highest BCUT2D eigenvalue weighted by atomic mass is 16.5. The van der Waals surface area contributed by atoms with Crippen molar-refractivity contribution >= 4 is 5.97 Å². The van der Waals surface area contributed by atoms with Crippen LogP contribution in [-0.4, -0.2) is 22.9 Å². The molecular formula is C12H16N2O2. The van der Waals surface area contributed by atoms with Crippen LogP contribution in [0.4, 0.5) is 0 Å². The smallest absolute Gasteiger partial charge is 0.358 e. The van der Waals surface area contributed by atoms with Gasteiger partial charge in [0.2, 0.25) is 0 Å². The number of rotatable bonds is 3. The van der Waals surface area contributed by atoms with Gasteiger partial charge in [-0.25, -0.2) is 4.79 Å². The fourth-order valence-electron chi connectivity index (χ4n) is 2.20. The maximum Gasteiger partial charge on any atom is 0.358 e. The van der Waals surface area contributed by atoms with Crippen LogP contribution in [0.3, 0.4) is 0 Å². The molecule has 4 nitrogen and oxygen atoms in total. The van der Waals surface area contributed by atoms with E-state index in [2.05, 4.69) is 11.7 Å². The molecule has 0 radical (unpaired) electrons. The van der Waals surface area contributed by atoms with Gasteiger partial charge in [-0.05, 0) is 25.7 Å². The van der Waals surface area contributed by atoms with Gasteiger partial charge >= 0.3 is 5.97 Å². The Morgan fingerprint density at radius 1 is 1.56 bits per heavy atom. The van der Waals surface area contributed by atoms with Crippen molar-refractivity contribution in [2.75, 3.05) is 7.11 Å². The van der Waals surface area contributed by atoms with Gasteiger partial charge in [-0.1, -0.05) is 6.08 Å². The van der Waals surface area contributed by atoms with Gasteiger partial charge in [-0.15, -0.1) is 6.58 Å². The van der Waals surface area contributed by atoms with E-state index in [9.17, 15) is 4.79 Å². The highest BCUT2D eigenvalue weighted by Crippen LogP contribution is 2.24. The minimum absolute atomic E-state index is 0.332. The second kappa shape index (κ2) is 4.51. The van der Waals surface area contributed by atoms with E-state index in [4.69, 9.17) is 4.74 Å². The lowest BCUT2D eigenvalue weighted by atomic mass is 9.95. The Hall–Kier alpha value is -1.58. The molecule has 16 heavy (non-hydrogen) atoms. The minimum Gasteiger partial charge on any atom is -0.464 e. The number of nitrogens with zero attached hydrogens (tertiary/aromatic N) is 2. The Bertz CT molecular complexity index is 421. The van der Waals surface area contributed by atoms with Crippen molar-refractivity contribution in [3.05, 3.63) is 29.6 Å². The zero-order valence-corrected chi connectivity index (χ0v) is 9.53. The molecule has 4 heteroatoms. The lowest BCUT2D eigenvalue weighted by molar-refractivity contribution is 0.0591. The molecule has 0 saturated heterocycles. The number of carbonyl (C=O) groups excluding carboxylic acids is 1. The van der Waals surface area contributed by atoms with Crippen LogP contribution in [0.2, 0.25) is 0 Å². The quantitative estimate of drug-likeness (QED) is 0.575. The molecule has 1 aliphatic carbocycles. The summed E-state index contributed by atoms with van der Waals surface area (Å²) >= 11 is 0. The van der Waals surface area contributed by atoms with E-state index >= 15 is 0 Å². The number of methoxy groups -OCH3 is 1. The van der Waals surface area contributed by atoms with Gasteiger partial charge in [0.1, 0.15) is 0 Å². The van der Waals surface area contributed by atoms with Crippen LogP contribution < -0.4 is 0 Å². The molecule has 0 fully saturated rings. The predicted octanol–water partition coefficient (Wildman–Crippen LogP) is 1.73. The van der Waals surface area contributed by atoms with Gasteiger partial charge in [0.15, 0.2) is 5.69 Å². The number of hydrogen-bond donors (Lipinski definition) is 0. The number of fused-ring (bicyclic) bond motifs is 1. The molecular weight excluding hydrogens is 204 g/mol. The van der Waals surface area contributed by atoms with Crippen LogP contribution in [0.5, 0.6) is 0 Å². The van der Waals surface area contributed by atoms with Crippen LogP contribution in [0, 0.1) is 0 Å². The SMILES string of the molecule is C=CCn1nc(C(=O)OC)c2c1CCCC2. The minimum atomic E-state index is -0.332. The Morgan fingerprint density at radius 2 is 2.31 bits per heavy atom. The Kier molecular flexibility index (Phi) is 3.08. The van der Waals surface area contributed by atoms with E-state index in [1.54, 1.807) is 6.08 Å². The van der Waals surface area contributed by atoms with Gasteiger partial charge in [0, 0.05) is 11.3 Å². The van der Waals surface area contributed by atoms with Gasteiger partial charge in [0.05, 0.1) is 13.7 Å². The average Bonchev–Trinajstić information content (AvgIpc) is 2.68. The Labute approximate surface area is 94.9 Å². The van der Waals surface area contributed by atoms with Crippen LogP contribution in [-0.2, 0) is 24.1 Å². The average molecular weight is 220 g/mol. The molecule has 0 unspecified atom stereocenters. The van der Waals surface area contributed by atoms with Crippen molar-refractivity contribution < 1.29 is 9.53 Å². The van der Waals surface area contributed by atoms with E-state index < -0.39 is 0 Å². The van der Waals surface area contributed by atoms with Crippen LogP contribution in [0.25, 0.3) is 0 Å². The first-order chi connectivity index (χ1) is 7.77. The zero-order chi connectivity index (χ0) is 11.5. The van der Waals surface area contributed by atoms with Gasteiger partial charge in [-0.2, -0.15) is 5.10 Å². The van der Waals surface area contributed by atoms with Gasteiger partial charge in [0.25, 0.3) is 0 Å². The molecule has 1 heterocycles. The first kappa shape index (κ1) is 10.9. The third-order valence-electron chi connectivity index (χ3n) is 2.94. The van der Waals surface area contributed by atoms with Crippen molar-refractivity contribution in [1.29, 1.82) is 0 Å². The van der Waals surface area contributed by atoms with E-state index in [-0.39, 0.29) is 5.97 Å². The topological polar surface area (TPSA) is 44.1 Å². The number of aromatic nitrogens is 2. The molecule has 2 rings (SSSR count). The molecule has 1 aromatic rings. The molecule has 0 aromatic carbocycles. The summed E-state index contributed by atoms with van der Waals surface area (Å²) in [7, 11) is 1.39. The van der Waals surface area contributed by atoms with Crippen molar-refractivity contribution in [2.24, 2.45) is 0 Å². The number of allylic oxidation sites excluding steroid dienone is 1. The highest BCUT2D eigenvalue weighted by Gasteiger charge is 2.24. The van der Waals surface area contributed by atoms with E-state index in [1.807, 2.05) is 4.68 Å². The second-order valence-corrected chi connectivity index (χ2v) is 3.94. The highest BCUT2D eigenvalue weighted by molar-refractivity contribution is 5.89. The van der Waals surface area contributed by atoms with Crippen LogP contribution in [0.1, 0.15) is 34.6 Å². The van der Waals surface area contributed by atoms with Gasteiger partial charge < -0.3 is 4.74 Å². The number of carbonyl (C=O) groups is 1. The Balaban J connectivity index is 2.45. The molecule has 1 aromatic heterocycles. The molecule has 0 bridgehead atoms. The number of ether oxygens (including phenoxy) is 1. The summed E-state index contributed by atoms with van der Waals surface area (Å²) in [6, 6.07) is 0. The normalized spacial score (nSPS) is 14.3. The Morgan fingerprint density at radius 3 is 3.00 bits per heavy atom. The third kappa shape index (κ3) is 1.75. The molecule has 0 amide bonds.